The van der Waals surface area contributed by atoms with E-state index in [1.165, 1.54) is 0 Å². The number of aromatic nitrogens is 2. The second-order valence-corrected chi connectivity index (χ2v) is 5.24. The van der Waals surface area contributed by atoms with Gasteiger partial charge in [-0.05, 0) is 34.0 Å². The third-order valence-corrected chi connectivity index (χ3v) is 4.05. The van der Waals surface area contributed by atoms with E-state index in [-0.39, 0.29) is 0 Å². The molecule has 1 aromatic carbocycles. The molecule has 2 aromatic rings. The topological polar surface area (TPSA) is 35.0 Å². The third-order valence-electron chi connectivity index (χ3n) is 2.71. The molecule has 0 saturated carbocycles. The lowest BCUT2D eigenvalue weighted by atomic mass is 10.1. The van der Waals surface area contributed by atoms with Gasteiger partial charge in [0.2, 0.25) is 0 Å². The fourth-order valence-electron chi connectivity index (χ4n) is 1.79. The lowest BCUT2D eigenvalue weighted by Crippen LogP contribution is -1.98. The van der Waals surface area contributed by atoms with Crippen LogP contribution in [0.25, 0.3) is 11.4 Å². The zero-order valence-electron chi connectivity index (χ0n) is 10.8. The molecule has 1 heterocycles. The maximum Gasteiger partial charge on any atom is 0.161 e. The van der Waals surface area contributed by atoms with Crippen LogP contribution in [0.1, 0.15) is 18.2 Å². The predicted molar refractivity (Wildman–Crippen MR) is 80.3 cm³/mol. The molecule has 0 atom stereocenters. The van der Waals surface area contributed by atoms with Gasteiger partial charge >= 0.3 is 0 Å². The smallest absolute Gasteiger partial charge is 0.161 e. The van der Waals surface area contributed by atoms with Gasteiger partial charge in [-0.25, -0.2) is 9.97 Å². The van der Waals surface area contributed by atoms with Gasteiger partial charge in [0.25, 0.3) is 0 Å². The average Bonchev–Trinajstić information content (AvgIpc) is 2.42. The van der Waals surface area contributed by atoms with E-state index in [1.54, 1.807) is 7.11 Å². The van der Waals surface area contributed by atoms with Crippen LogP contribution in [-0.4, -0.2) is 17.1 Å². The summed E-state index contributed by atoms with van der Waals surface area (Å²) in [6.07, 6.45) is 0.799. The predicted octanol–water partition coefficient (Wildman–Crippen LogP) is 4.27. The van der Waals surface area contributed by atoms with Crippen molar-refractivity contribution >= 4 is 27.5 Å². The number of benzene rings is 1. The Balaban J connectivity index is 2.46. The van der Waals surface area contributed by atoms with Gasteiger partial charge < -0.3 is 4.74 Å². The first kappa shape index (κ1) is 14.4. The van der Waals surface area contributed by atoms with E-state index in [2.05, 4.69) is 25.9 Å². The summed E-state index contributed by atoms with van der Waals surface area (Å²) in [6.45, 7) is 2.60. The Morgan fingerprint density at radius 1 is 1.32 bits per heavy atom. The number of aryl methyl sites for hydroxylation is 1. The molecule has 3 nitrogen and oxygen atoms in total. The minimum atomic E-state index is 0.444. The minimum Gasteiger partial charge on any atom is -0.380 e. The Labute approximate surface area is 126 Å². The second-order valence-electron chi connectivity index (χ2n) is 4.09. The molecular formula is C14H14BrClN2O. The van der Waals surface area contributed by atoms with Crippen LogP contribution in [0.4, 0.5) is 0 Å². The molecule has 0 radical (unpaired) electrons. The van der Waals surface area contributed by atoms with Crippen molar-refractivity contribution < 1.29 is 4.74 Å². The molecule has 0 spiro atoms. The molecule has 2 rings (SSSR count). The van der Waals surface area contributed by atoms with E-state index in [1.807, 2.05) is 31.2 Å². The van der Waals surface area contributed by atoms with Gasteiger partial charge in [0, 0.05) is 12.7 Å². The van der Waals surface area contributed by atoms with Crippen LogP contribution in [0.3, 0.4) is 0 Å². The molecule has 0 aliphatic rings. The highest BCUT2D eigenvalue weighted by Gasteiger charge is 2.11. The first-order valence-electron chi connectivity index (χ1n) is 5.95. The fraction of sp³-hybridized carbons (Fsp3) is 0.286. The Hall–Kier alpha value is -0.970. The summed E-state index contributed by atoms with van der Waals surface area (Å²) in [5.41, 5.74) is 2.94. The number of hydrogen-bond acceptors (Lipinski definition) is 3. The molecule has 0 aliphatic carbocycles. The number of halogens is 2. The second kappa shape index (κ2) is 6.46. The van der Waals surface area contributed by atoms with Gasteiger partial charge in [-0.3, -0.25) is 0 Å². The van der Waals surface area contributed by atoms with Crippen LogP contribution in [-0.2, 0) is 17.8 Å². The zero-order chi connectivity index (χ0) is 13.8. The molecule has 0 N–H and O–H groups in total. The van der Waals surface area contributed by atoms with Gasteiger partial charge in [-0.2, -0.15) is 0 Å². The van der Waals surface area contributed by atoms with Gasteiger partial charge in [0.05, 0.1) is 16.8 Å². The van der Waals surface area contributed by atoms with Crippen LogP contribution in [0.5, 0.6) is 0 Å². The SMILES string of the molecule is CCc1nc(-c2cccc(COC)c2)nc(Cl)c1Br. The van der Waals surface area contributed by atoms with Crippen molar-refractivity contribution in [1.82, 2.24) is 9.97 Å². The van der Waals surface area contributed by atoms with Crippen molar-refractivity contribution in [3.8, 4) is 11.4 Å². The Morgan fingerprint density at radius 2 is 2.11 bits per heavy atom. The van der Waals surface area contributed by atoms with Crippen molar-refractivity contribution in [2.75, 3.05) is 7.11 Å². The molecule has 0 amide bonds. The maximum absolute atomic E-state index is 6.13. The van der Waals surface area contributed by atoms with E-state index in [9.17, 15) is 0 Å². The number of rotatable bonds is 4. The first-order valence-corrected chi connectivity index (χ1v) is 7.13. The highest BCUT2D eigenvalue weighted by molar-refractivity contribution is 9.10. The van der Waals surface area contributed by atoms with Crippen LogP contribution in [0, 0.1) is 0 Å². The average molecular weight is 342 g/mol. The number of nitrogens with zero attached hydrogens (tertiary/aromatic N) is 2. The zero-order valence-corrected chi connectivity index (χ0v) is 13.1. The molecule has 0 bridgehead atoms. The summed E-state index contributed by atoms with van der Waals surface area (Å²) in [6, 6.07) is 7.96. The third kappa shape index (κ3) is 3.32. The summed E-state index contributed by atoms with van der Waals surface area (Å²) >= 11 is 9.54. The molecule has 1 aromatic heterocycles. The summed E-state index contributed by atoms with van der Waals surface area (Å²) in [7, 11) is 1.68. The Morgan fingerprint density at radius 3 is 2.79 bits per heavy atom. The van der Waals surface area contributed by atoms with Crippen molar-refractivity contribution in [3.05, 3.63) is 45.1 Å². The standard InChI is InChI=1S/C14H14BrClN2O/c1-3-11-12(15)13(16)18-14(17-11)10-6-4-5-9(7-10)8-19-2/h4-7H,3,8H2,1-2H3. The lowest BCUT2D eigenvalue weighted by Gasteiger charge is -2.08. The number of hydrogen-bond donors (Lipinski definition) is 0. The van der Waals surface area contributed by atoms with E-state index >= 15 is 0 Å². The Bertz CT molecular complexity index is 590. The molecule has 5 heteroatoms. The van der Waals surface area contributed by atoms with Crippen molar-refractivity contribution in [2.45, 2.75) is 20.0 Å². The number of methoxy groups -OCH3 is 1. The number of ether oxygens (including phenoxy) is 1. The summed E-state index contributed by atoms with van der Waals surface area (Å²) in [5.74, 6) is 0.642. The molecule has 0 saturated heterocycles. The molecule has 0 unspecified atom stereocenters. The van der Waals surface area contributed by atoms with E-state index in [0.717, 1.165) is 27.7 Å². The van der Waals surface area contributed by atoms with E-state index in [0.29, 0.717) is 17.6 Å². The summed E-state index contributed by atoms with van der Waals surface area (Å²) in [5, 5.41) is 0.444. The summed E-state index contributed by atoms with van der Waals surface area (Å²) < 4.78 is 5.90. The highest BCUT2D eigenvalue weighted by atomic mass is 79.9. The molecular weight excluding hydrogens is 328 g/mol. The fourth-order valence-corrected chi connectivity index (χ4v) is 2.44. The van der Waals surface area contributed by atoms with Gasteiger partial charge in [0.15, 0.2) is 5.82 Å². The normalized spacial score (nSPS) is 10.7. The quantitative estimate of drug-likeness (QED) is 0.779. The van der Waals surface area contributed by atoms with Crippen LogP contribution in [0.2, 0.25) is 5.15 Å². The summed E-state index contributed by atoms with van der Waals surface area (Å²) in [4.78, 5) is 8.86. The molecule has 100 valence electrons. The van der Waals surface area contributed by atoms with E-state index < -0.39 is 0 Å². The maximum atomic E-state index is 6.13. The first-order chi connectivity index (χ1) is 9.15. The highest BCUT2D eigenvalue weighted by Crippen LogP contribution is 2.27. The van der Waals surface area contributed by atoms with Crippen molar-refractivity contribution in [1.29, 1.82) is 0 Å². The van der Waals surface area contributed by atoms with Crippen molar-refractivity contribution in [2.24, 2.45) is 0 Å². The van der Waals surface area contributed by atoms with Crippen LogP contribution in [0.15, 0.2) is 28.7 Å². The van der Waals surface area contributed by atoms with Crippen LogP contribution >= 0.6 is 27.5 Å². The Kier molecular flexibility index (Phi) is 4.91. The van der Waals surface area contributed by atoms with Gasteiger partial charge in [-0.1, -0.05) is 36.7 Å². The molecule has 0 fully saturated rings. The van der Waals surface area contributed by atoms with Gasteiger partial charge in [-0.15, -0.1) is 0 Å². The largest absolute Gasteiger partial charge is 0.380 e. The monoisotopic (exact) mass is 340 g/mol. The van der Waals surface area contributed by atoms with E-state index in [4.69, 9.17) is 16.3 Å². The minimum absolute atomic E-state index is 0.444. The van der Waals surface area contributed by atoms with Gasteiger partial charge in [0.1, 0.15) is 5.15 Å². The van der Waals surface area contributed by atoms with Crippen LogP contribution < -0.4 is 0 Å². The lowest BCUT2D eigenvalue weighted by molar-refractivity contribution is 0.185. The molecule has 19 heavy (non-hydrogen) atoms. The molecule has 0 aliphatic heterocycles. The van der Waals surface area contributed by atoms with Crippen molar-refractivity contribution in [3.63, 3.8) is 0 Å².